The molecule has 5 heteroatoms. The minimum Gasteiger partial charge on any atom is -1.00 e. The van der Waals surface area contributed by atoms with Crippen LogP contribution in [0.15, 0.2) is 85.0 Å². The van der Waals surface area contributed by atoms with E-state index in [4.69, 9.17) is 0 Å². The third-order valence-electron chi connectivity index (χ3n) is 5.16. The van der Waals surface area contributed by atoms with Crippen molar-refractivity contribution in [1.82, 2.24) is 0 Å². The zero-order valence-corrected chi connectivity index (χ0v) is 22.3. The minimum absolute atomic E-state index is 0. The van der Waals surface area contributed by atoms with Gasteiger partial charge in [0.25, 0.3) is 0 Å². The standard InChI is InChI=1S/C15H11.C5H5.C4H8Si2.2ClH.Zr/c1-2-6-12(7-3-1)14-10-4-8-13-9-5-11-15(13)14;1-2-4-5-3-1;1-2-6-4-3-5-1;;;/h1-11H;1-3H,4H2;1-4H2;2*1H;/q2*-1;;;;/p-2. The molecule has 0 amide bonds. The van der Waals surface area contributed by atoms with E-state index in [1.165, 1.54) is 21.9 Å². The first kappa shape index (κ1) is 24.7. The third-order valence-corrected chi connectivity index (χ3v) is 35.4. The maximum Gasteiger partial charge on any atom is -0.0279 e. The summed E-state index contributed by atoms with van der Waals surface area (Å²) in [6.07, 6.45) is 10.0. The second-order valence-corrected chi connectivity index (χ2v) is 28.4. The molecule has 2 heterocycles. The second-order valence-electron chi connectivity index (χ2n) is 7.04. The predicted molar refractivity (Wildman–Crippen MR) is 117 cm³/mol. The summed E-state index contributed by atoms with van der Waals surface area (Å²) >= 11 is 0.465. The van der Waals surface area contributed by atoms with Crippen molar-refractivity contribution in [3.8, 4) is 11.1 Å². The molecule has 0 aromatic heterocycles. The molecular weight excluding hydrogens is 507 g/mol. The van der Waals surface area contributed by atoms with Crippen LogP contribution in [0.25, 0.3) is 21.9 Å². The molecule has 0 unspecified atom stereocenters. The Balaban J connectivity index is 0.000000179. The van der Waals surface area contributed by atoms with Gasteiger partial charge in [-0.3, -0.25) is 6.08 Å². The number of fused-ring (bicyclic) bond motifs is 1. The van der Waals surface area contributed by atoms with E-state index < -0.39 is 0 Å². The summed E-state index contributed by atoms with van der Waals surface area (Å²) in [5.41, 5.74) is 3.68. The van der Waals surface area contributed by atoms with E-state index in [0.717, 1.165) is 6.42 Å². The van der Waals surface area contributed by atoms with Crippen LogP contribution in [0.1, 0.15) is 6.42 Å². The molecule has 29 heavy (non-hydrogen) atoms. The van der Waals surface area contributed by atoms with Gasteiger partial charge >= 0.3 is 55.5 Å². The van der Waals surface area contributed by atoms with Crippen LogP contribution < -0.4 is 24.8 Å². The fraction of sp³-hybridized carbons (Fsp3) is 0.208. The molecule has 2 aliphatic heterocycles. The van der Waals surface area contributed by atoms with Crippen LogP contribution in [0.5, 0.6) is 0 Å². The van der Waals surface area contributed by atoms with Gasteiger partial charge in [-0.2, -0.15) is 18.2 Å². The topological polar surface area (TPSA) is 0 Å². The summed E-state index contributed by atoms with van der Waals surface area (Å²) in [7, 11) is 0. The fourth-order valence-electron chi connectivity index (χ4n) is 3.73. The molecular formula is C24H24Cl2Si2Zr-4. The molecule has 0 saturated heterocycles. The molecule has 0 fully saturated rings. The predicted octanol–water partition coefficient (Wildman–Crippen LogP) is 0.618. The molecule has 6 rings (SSSR count). The van der Waals surface area contributed by atoms with Crippen LogP contribution in [-0.4, -0.2) is 10.9 Å². The number of hydrogen-bond donors (Lipinski definition) is 0. The van der Waals surface area contributed by atoms with Crippen LogP contribution in [0.2, 0.25) is 24.2 Å². The summed E-state index contributed by atoms with van der Waals surface area (Å²) in [4.78, 5) is 0. The van der Waals surface area contributed by atoms with Gasteiger partial charge in [0, 0.05) is 0 Å². The van der Waals surface area contributed by atoms with Gasteiger partial charge in [-0.05, 0) is 5.56 Å². The Bertz CT molecular complexity index is 1010. The third kappa shape index (κ3) is 6.97. The van der Waals surface area contributed by atoms with Gasteiger partial charge in [-0.1, -0.05) is 42.0 Å². The zero-order valence-electron chi connectivity index (χ0n) is 16.4. The maximum atomic E-state index is 2.99. The Hall–Kier alpha value is -0.573. The summed E-state index contributed by atoms with van der Waals surface area (Å²) in [5.74, 6) is 0. The minimum atomic E-state index is 0. The van der Waals surface area contributed by atoms with Crippen molar-refractivity contribution >= 4 is 21.6 Å². The number of halogens is 2. The molecule has 3 aliphatic rings. The number of allylic oxidation sites excluding steroid dienone is 4. The van der Waals surface area contributed by atoms with Crippen LogP contribution in [0, 0.1) is 6.08 Å². The molecule has 0 atom stereocenters. The molecule has 0 spiro atoms. The van der Waals surface area contributed by atoms with Crippen LogP contribution in [0.3, 0.4) is 0 Å². The first-order chi connectivity index (χ1) is 13.4. The van der Waals surface area contributed by atoms with Gasteiger partial charge < -0.3 is 24.8 Å². The van der Waals surface area contributed by atoms with E-state index in [9.17, 15) is 0 Å². The number of hydrogen-bond acceptors (Lipinski definition) is 0. The smallest absolute Gasteiger partial charge is 0.0279 e. The van der Waals surface area contributed by atoms with E-state index in [2.05, 4.69) is 78.9 Å². The van der Waals surface area contributed by atoms with Crippen molar-refractivity contribution in [2.24, 2.45) is 0 Å². The molecule has 0 saturated carbocycles. The first-order valence-electron chi connectivity index (χ1n) is 9.78. The summed E-state index contributed by atoms with van der Waals surface area (Å²) in [6, 6.07) is 30.5. The molecule has 3 aromatic rings. The van der Waals surface area contributed by atoms with E-state index in [-0.39, 0.29) is 24.8 Å². The van der Waals surface area contributed by atoms with E-state index >= 15 is 0 Å². The molecule has 3 aromatic carbocycles. The van der Waals surface area contributed by atoms with Gasteiger partial charge in [0.2, 0.25) is 0 Å². The molecule has 2 bridgehead atoms. The Morgan fingerprint density at radius 2 is 1.55 bits per heavy atom. The molecule has 0 nitrogen and oxygen atoms in total. The van der Waals surface area contributed by atoms with Gasteiger partial charge in [0.05, 0.1) is 0 Å². The summed E-state index contributed by atoms with van der Waals surface area (Å²) < 4.78 is 0. The van der Waals surface area contributed by atoms with Gasteiger partial charge in [0.1, 0.15) is 0 Å². The van der Waals surface area contributed by atoms with Crippen molar-refractivity contribution in [2.75, 3.05) is 0 Å². The molecule has 0 N–H and O–H groups in total. The quantitative estimate of drug-likeness (QED) is 0.320. The molecule has 1 aliphatic carbocycles. The van der Waals surface area contributed by atoms with E-state index in [1.54, 1.807) is 24.2 Å². The Kier molecular flexibility index (Phi) is 11.0. The summed E-state index contributed by atoms with van der Waals surface area (Å²) in [6.45, 7) is 0. The fourth-order valence-corrected chi connectivity index (χ4v) is 46.2. The second kappa shape index (κ2) is 13.0. The number of benzene rings is 2. The van der Waals surface area contributed by atoms with E-state index in [1.807, 2.05) is 12.2 Å². The van der Waals surface area contributed by atoms with Crippen LogP contribution in [-0.2, 0) is 20.5 Å². The Labute approximate surface area is 198 Å². The first-order valence-corrected chi connectivity index (χ1v) is 21.0. The monoisotopic (exact) mass is 528 g/mol. The van der Waals surface area contributed by atoms with Crippen LogP contribution in [0.4, 0.5) is 0 Å². The molecule has 0 radical (unpaired) electrons. The van der Waals surface area contributed by atoms with Crippen LogP contribution >= 0.6 is 0 Å². The normalized spacial score (nSPS) is 14.6. The Morgan fingerprint density at radius 3 is 2.07 bits per heavy atom. The summed E-state index contributed by atoms with van der Waals surface area (Å²) in [5, 5.41) is 2.65. The van der Waals surface area contributed by atoms with Crippen molar-refractivity contribution < 1.29 is 45.3 Å². The molecule has 150 valence electrons. The maximum absolute atomic E-state index is 2.99. The SMILES string of the molecule is C1C[Si]2=[Zr]=[Si]1CC2.[C-]1=CC=CC1.[Cl-].[Cl-].c1ccc(-c2cccc3[cH-]ccc23)cc1. The van der Waals surface area contributed by atoms with Gasteiger partial charge in [0.15, 0.2) is 0 Å². The van der Waals surface area contributed by atoms with Crippen molar-refractivity contribution in [2.45, 2.75) is 30.6 Å². The largest absolute Gasteiger partial charge is 1.00 e. The average molecular weight is 531 g/mol. The van der Waals surface area contributed by atoms with Gasteiger partial charge in [-0.25, -0.2) is 12.2 Å². The van der Waals surface area contributed by atoms with Crippen molar-refractivity contribution in [1.29, 1.82) is 0 Å². The van der Waals surface area contributed by atoms with Gasteiger partial charge in [-0.15, -0.1) is 35.4 Å². The van der Waals surface area contributed by atoms with Crippen molar-refractivity contribution in [3.63, 3.8) is 0 Å². The van der Waals surface area contributed by atoms with E-state index in [0.29, 0.717) is 31.3 Å². The van der Waals surface area contributed by atoms with Crippen molar-refractivity contribution in [3.05, 3.63) is 91.0 Å². The Morgan fingerprint density at radius 1 is 0.828 bits per heavy atom. The average Bonchev–Trinajstić information content (AvgIpc) is 3.55. The zero-order chi connectivity index (χ0) is 18.3. The number of rotatable bonds is 1.